The van der Waals surface area contributed by atoms with E-state index < -0.39 is 23.5 Å². The summed E-state index contributed by atoms with van der Waals surface area (Å²) in [5.74, 6) is -0.521. The number of rotatable bonds is 3. The molecule has 17 heavy (non-hydrogen) atoms. The van der Waals surface area contributed by atoms with Crippen molar-refractivity contribution in [1.82, 2.24) is 4.98 Å². The van der Waals surface area contributed by atoms with Crippen molar-refractivity contribution in [2.24, 2.45) is 5.73 Å². The summed E-state index contributed by atoms with van der Waals surface area (Å²) in [4.78, 5) is 14.5. The molecule has 1 fully saturated rings. The Labute approximate surface area is 96.8 Å². The SMILES string of the molecule is NC(=O)OCC1(c2ncccc2F)CC(F)C1. The standard InChI is InChI=1S/C11H12F2N2O2/c12-7-4-11(5-7,6-17-10(14)16)9-8(13)2-1-3-15-9/h1-3,7H,4-6H2,(H2,14,16). The molecule has 1 heterocycles. The maximum atomic E-state index is 13.6. The molecule has 1 aliphatic carbocycles. The summed E-state index contributed by atoms with van der Waals surface area (Å²) in [6.07, 6.45) is -0.366. The summed E-state index contributed by atoms with van der Waals surface area (Å²) in [5.41, 5.74) is 4.12. The van der Waals surface area contributed by atoms with Crippen LogP contribution in [0.5, 0.6) is 0 Å². The van der Waals surface area contributed by atoms with Gasteiger partial charge in [0.2, 0.25) is 0 Å². The Morgan fingerprint density at radius 3 is 2.88 bits per heavy atom. The monoisotopic (exact) mass is 242 g/mol. The maximum absolute atomic E-state index is 13.6. The molecule has 1 saturated carbocycles. The third kappa shape index (κ3) is 2.20. The highest BCUT2D eigenvalue weighted by Crippen LogP contribution is 2.45. The van der Waals surface area contributed by atoms with Crippen LogP contribution in [0.25, 0.3) is 0 Å². The number of aromatic nitrogens is 1. The van der Waals surface area contributed by atoms with E-state index in [1.54, 1.807) is 0 Å². The van der Waals surface area contributed by atoms with Crippen molar-refractivity contribution in [3.8, 4) is 0 Å². The van der Waals surface area contributed by atoms with Gasteiger partial charge in [-0.2, -0.15) is 0 Å². The van der Waals surface area contributed by atoms with Crippen LogP contribution in [0.2, 0.25) is 0 Å². The maximum Gasteiger partial charge on any atom is 0.404 e. The van der Waals surface area contributed by atoms with Crippen LogP contribution in [0.1, 0.15) is 18.5 Å². The number of carbonyl (C=O) groups is 1. The number of hydrogen-bond donors (Lipinski definition) is 1. The van der Waals surface area contributed by atoms with Crippen molar-refractivity contribution in [3.63, 3.8) is 0 Å². The van der Waals surface area contributed by atoms with Crippen LogP contribution in [-0.2, 0) is 10.2 Å². The smallest absolute Gasteiger partial charge is 0.404 e. The molecular weight excluding hydrogens is 230 g/mol. The van der Waals surface area contributed by atoms with Gasteiger partial charge in [-0.15, -0.1) is 0 Å². The summed E-state index contributed by atoms with van der Waals surface area (Å²) >= 11 is 0. The minimum Gasteiger partial charge on any atom is -0.449 e. The second-order valence-electron chi connectivity index (χ2n) is 4.23. The summed E-state index contributed by atoms with van der Waals surface area (Å²) in [5, 5.41) is 0. The Hall–Kier alpha value is -1.72. The molecule has 6 heteroatoms. The van der Waals surface area contributed by atoms with Gasteiger partial charge in [0, 0.05) is 6.20 Å². The molecule has 0 spiro atoms. The van der Waals surface area contributed by atoms with Gasteiger partial charge < -0.3 is 10.5 Å². The van der Waals surface area contributed by atoms with E-state index in [1.165, 1.54) is 18.3 Å². The van der Waals surface area contributed by atoms with Gasteiger partial charge in [-0.1, -0.05) is 0 Å². The molecule has 2 rings (SSSR count). The summed E-state index contributed by atoms with van der Waals surface area (Å²) < 4.78 is 31.3. The first-order valence-electron chi connectivity index (χ1n) is 5.21. The highest BCUT2D eigenvalue weighted by atomic mass is 19.1. The predicted molar refractivity (Wildman–Crippen MR) is 55.5 cm³/mol. The number of ether oxygens (including phenoxy) is 1. The van der Waals surface area contributed by atoms with Crippen molar-refractivity contribution in [2.45, 2.75) is 24.4 Å². The predicted octanol–water partition coefficient (Wildman–Crippen LogP) is 1.69. The molecule has 92 valence electrons. The molecule has 0 saturated heterocycles. The van der Waals surface area contributed by atoms with E-state index in [-0.39, 0.29) is 25.1 Å². The van der Waals surface area contributed by atoms with Crippen LogP contribution >= 0.6 is 0 Å². The molecule has 0 bridgehead atoms. The van der Waals surface area contributed by atoms with Crippen molar-refractivity contribution in [1.29, 1.82) is 0 Å². The van der Waals surface area contributed by atoms with Gasteiger partial charge >= 0.3 is 6.09 Å². The van der Waals surface area contributed by atoms with Crippen molar-refractivity contribution in [3.05, 3.63) is 29.8 Å². The minimum absolute atomic E-state index is 0.0915. The fraction of sp³-hybridized carbons (Fsp3) is 0.455. The first-order chi connectivity index (χ1) is 8.03. The number of pyridine rings is 1. The quantitative estimate of drug-likeness (QED) is 0.877. The molecule has 1 aromatic rings. The largest absolute Gasteiger partial charge is 0.449 e. The van der Waals surface area contributed by atoms with E-state index in [9.17, 15) is 13.6 Å². The molecule has 4 nitrogen and oxygen atoms in total. The number of primary amides is 1. The first kappa shape index (κ1) is 11.8. The average molecular weight is 242 g/mol. The molecule has 0 aliphatic heterocycles. The zero-order valence-corrected chi connectivity index (χ0v) is 9.03. The summed E-state index contributed by atoms with van der Waals surface area (Å²) in [6, 6.07) is 2.70. The molecule has 2 N–H and O–H groups in total. The van der Waals surface area contributed by atoms with Crippen LogP contribution in [0, 0.1) is 5.82 Å². The number of carbonyl (C=O) groups excluding carboxylic acids is 1. The molecule has 1 aromatic heterocycles. The van der Waals surface area contributed by atoms with Gasteiger partial charge in [-0.05, 0) is 25.0 Å². The lowest BCUT2D eigenvalue weighted by atomic mass is 9.65. The molecule has 1 amide bonds. The Bertz CT molecular complexity index is 433. The molecule has 0 atom stereocenters. The second kappa shape index (κ2) is 4.27. The Kier molecular flexibility index (Phi) is 2.95. The lowest BCUT2D eigenvalue weighted by molar-refractivity contribution is 0.0259. The van der Waals surface area contributed by atoms with Crippen LogP contribution in [0.3, 0.4) is 0 Å². The van der Waals surface area contributed by atoms with Crippen LogP contribution in [0.4, 0.5) is 13.6 Å². The van der Waals surface area contributed by atoms with E-state index in [2.05, 4.69) is 9.72 Å². The number of alkyl halides is 1. The zero-order valence-electron chi connectivity index (χ0n) is 9.03. The van der Waals surface area contributed by atoms with E-state index in [0.717, 1.165) is 0 Å². The number of nitrogens with zero attached hydrogens (tertiary/aromatic N) is 1. The van der Waals surface area contributed by atoms with E-state index >= 15 is 0 Å². The third-order valence-electron chi connectivity index (χ3n) is 2.98. The van der Waals surface area contributed by atoms with Crippen molar-refractivity contribution in [2.75, 3.05) is 6.61 Å². The average Bonchev–Trinajstić information content (AvgIpc) is 2.23. The highest BCUT2D eigenvalue weighted by Gasteiger charge is 2.49. The van der Waals surface area contributed by atoms with Gasteiger partial charge in [0.15, 0.2) is 0 Å². The lowest BCUT2D eigenvalue weighted by Gasteiger charge is -2.42. The molecular formula is C11H12F2N2O2. The lowest BCUT2D eigenvalue weighted by Crippen LogP contribution is -2.48. The van der Waals surface area contributed by atoms with Crippen LogP contribution < -0.4 is 5.73 Å². The van der Waals surface area contributed by atoms with Gasteiger partial charge in [0.1, 0.15) is 18.6 Å². The summed E-state index contributed by atoms with van der Waals surface area (Å²) in [7, 11) is 0. The normalized spacial score (nSPS) is 27.3. The fourth-order valence-electron chi connectivity index (χ4n) is 2.15. The Balaban J connectivity index is 2.23. The highest BCUT2D eigenvalue weighted by molar-refractivity contribution is 5.64. The zero-order chi connectivity index (χ0) is 12.5. The van der Waals surface area contributed by atoms with Gasteiger partial charge in [0.05, 0.1) is 11.1 Å². The molecule has 1 aliphatic rings. The molecule has 0 radical (unpaired) electrons. The molecule has 0 aromatic carbocycles. The van der Waals surface area contributed by atoms with Gasteiger partial charge in [-0.25, -0.2) is 13.6 Å². The van der Waals surface area contributed by atoms with Crippen molar-refractivity contribution >= 4 is 6.09 Å². The van der Waals surface area contributed by atoms with Crippen molar-refractivity contribution < 1.29 is 18.3 Å². The Morgan fingerprint density at radius 1 is 1.65 bits per heavy atom. The minimum atomic E-state index is -1.02. The van der Waals surface area contributed by atoms with Gasteiger partial charge in [-0.3, -0.25) is 4.98 Å². The number of hydrogen-bond acceptors (Lipinski definition) is 3. The van der Waals surface area contributed by atoms with Gasteiger partial charge in [0.25, 0.3) is 0 Å². The topological polar surface area (TPSA) is 65.2 Å². The summed E-state index contributed by atoms with van der Waals surface area (Å²) in [6.45, 7) is -0.142. The van der Waals surface area contributed by atoms with Crippen LogP contribution in [-0.4, -0.2) is 23.9 Å². The van der Waals surface area contributed by atoms with E-state index in [4.69, 9.17) is 5.73 Å². The van der Waals surface area contributed by atoms with E-state index in [0.29, 0.717) is 0 Å². The molecule has 0 unspecified atom stereocenters. The number of amides is 1. The second-order valence-corrected chi connectivity index (χ2v) is 4.23. The fourth-order valence-corrected chi connectivity index (χ4v) is 2.15. The van der Waals surface area contributed by atoms with Crippen LogP contribution in [0.15, 0.2) is 18.3 Å². The number of nitrogens with two attached hydrogens (primary N) is 1. The first-order valence-corrected chi connectivity index (χ1v) is 5.21. The third-order valence-corrected chi connectivity index (χ3v) is 2.98. The Morgan fingerprint density at radius 2 is 2.35 bits per heavy atom. The van der Waals surface area contributed by atoms with E-state index in [1.807, 2.05) is 0 Å². The number of halogens is 2.